The molecule has 88 valence electrons. The molecule has 0 spiro atoms. The molecule has 0 atom stereocenters. The van der Waals surface area contributed by atoms with Crippen molar-refractivity contribution in [2.24, 2.45) is 11.5 Å². The Hall–Kier alpha value is -0.750. The van der Waals surface area contributed by atoms with E-state index >= 15 is 0 Å². The van der Waals surface area contributed by atoms with Crippen LogP contribution in [0.2, 0.25) is 0 Å². The first kappa shape index (κ1) is 16.7. The van der Waals surface area contributed by atoms with E-state index in [9.17, 15) is 4.79 Å². The van der Waals surface area contributed by atoms with Gasteiger partial charge in [0.2, 0.25) is 5.76 Å². The molecular weight excluding hydrogens is 243 g/mol. The Morgan fingerprint density at radius 2 is 2.00 bits per heavy atom. The van der Waals surface area contributed by atoms with E-state index in [1.807, 2.05) is 0 Å². The first-order valence-corrected chi connectivity index (χ1v) is 3.92. The zero-order valence-corrected chi connectivity index (χ0v) is 9.55. The quantitative estimate of drug-likeness (QED) is 0.769. The molecule has 0 amide bonds. The van der Waals surface area contributed by atoms with Crippen LogP contribution in [-0.4, -0.2) is 25.2 Å². The molecular formula is C8H14Cl2N2O3. The smallest absolute Gasteiger partial charge is 0.374 e. The average molecular weight is 257 g/mol. The van der Waals surface area contributed by atoms with Gasteiger partial charge in [0.05, 0.1) is 6.26 Å². The fourth-order valence-electron chi connectivity index (χ4n) is 0.797. The molecule has 0 unspecified atom stereocenters. The molecule has 4 N–H and O–H groups in total. The van der Waals surface area contributed by atoms with Gasteiger partial charge in [0, 0.05) is 13.1 Å². The number of carbonyl (C=O) groups is 1. The van der Waals surface area contributed by atoms with Gasteiger partial charge in [-0.3, -0.25) is 0 Å². The summed E-state index contributed by atoms with van der Waals surface area (Å²) < 4.78 is 9.74. The predicted molar refractivity (Wildman–Crippen MR) is 60.5 cm³/mol. The second-order valence-corrected chi connectivity index (χ2v) is 2.48. The van der Waals surface area contributed by atoms with Crippen molar-refractivity contribution in [3.05, 3.63) is 24.2 Å². The largest absolute Gasteiger partial charge is 0.457 e. The van der Waals surface area contributed by atoms with Crippen molar-refractivity contribution in [1.29, 1.82) is 0 Å². The number of carbonyl (C=O) groups excluding carboxylic acids is 1. The molecule has 1 rings (SSSR count). The maximum absolute atomic E-state index is 11.2. The number of furan rings is 1. The lowest BCUT2D eigenvalue weighted by atomic mass is 10.3. The van der Waals surface area contributed by atoms with Gasteiger partial charge in [0.15, 0.2) is 0 Å². The second-order valence-electron chi connectivity index (χ2n) is 2.48. The van der Waals surface area contributed by atoms with Crippen molar-refractivity contribution >= 4 is 30.8 Å². The monoisotopic (exact) mass is 256 g/mol. The SMILES string of the molecule is Cl.Cl.NCC(CN)OC(=O)c1ccco1. The van der Waals surface area contributed by atoms with E-state index in [1.54, 1.807) is 6.07 Å². The molecule has 15 heavy (non-hydrogen) atoms. The summed E-state index contributed by atoms with van der Waals surface area (Å²) in [5, 5.41) is 0. The molecule has 0 fully saturated rings. The highest BCUT2D eigenvalue weighted by Gasteiger charge is 2.14. The van der Waals surface area contributed by atoms with Crippen molar-refractivity contribution in [3.63, 3.8) is 0 Å². The maximum Gasteiger partial charge on any atom is 0.374 e. The van der Waals surface area contributed by atoms with Gasteiger partial charge in [-0.25, -0.2) is 4.79 Å². The molecule has 0 saturated heterocycles. The van der Waals surface area contributed by atoms with Gasteiger partial charge in [0.1, 0.15) is 6.10 Å². The molecule has 0 aromatic carbocycles. The summed E-state index contributed by atoms with van der Waals surface area (Å²) in [5.41, 5.74) is 10.6. The summed E-state index contributed by atoms with van der Waals surface area (Å²) in [6.07, 6.45) is 0.953. The highest BCUT2D eigenvalue weighted by molar-refractivity contribution is 5.86. The predicted octanol–water partition coefficient (Wildman–Crippen LogP) is 0.566. The third-order valence-electron chi connectivity index (χ3n) is 1.52. The average Bonchev–Trinajstić information content (AvgIpc) is 2.66. The van der Waals surface area contributed by atoms with Crippen molar-refractivity contribution in [2.75, 3.05) is 13.1 Å². The van der Waals surface area contributed by atoms with E-state index in [2.05, 4.69) is 0 Å². The van der Waals surface area contributed by atoms with E-state index in [0.717, 1.165) is 0 Å². The number of hydrogen-bond donors (Lipinski definition) is 2. The van der Waals surface area contributed by atoms with Gasteiger partial charge in [-0.05, 0) is 12.1 Å². The number of halogens is 2. The van der Waals surface area contributed by atoms with Gasteiger partial charge in [-0.2, -0.15) is 0 Å². The van der Waals surface area contributed by atoms with E-state index in [4.69, 9.17) is 20.6 Å². The molecule has 1 heterocycles. The van der Waals surface area contributed by atoms with Crippen molar-refractivity contribution < 1.29 is 13.9 Å². The van der Waals surface area contributed by atoms with Crippen LogP contribution in [0.3, 0.4) is 0 Å². The molecule has 1 aromatic heterocycles. The molecule has 0 radical (unpaired) electrons. The Kier molecular flexibility index (Phi) is 9.50. The molecule has 0 aliphatic carbocycles. The molecule has 0 aliphatic rings. The zero-order valence-electron chi connectivity index (χ0n) is 7.92. The highest BCUT2D eigenvalue weighted by Crippen LogP contribution is 2.03. The van der Waals surface area contributed by atoms with Crippen LogP contribution >= 0.6 is 24.8 Å². The van der Waals surface area contributed by atoms with Crippen molar-refractivity contribution in [1.82, 2.24) is 0 Å². The summed E-state index contributed by atoms with van der Waals surface area (Å²) in [5.74, 6) is -0.377. The van der Waals surface area contributed by atoms with Gasteiger partial charge in [-0.1, -0.05) is 0 Å². The van der Waals surface area contributed by atoms with Gasteiger partial charge < -0.3 is 20.6 Å². The van der Waals surface area contributed by atoms with Crippen LogP contribution in [0.25, 0.3) is 0 Å². The number of hydrogen-bond acceptors (Lipinski definition) is 5. The van der Waals surface area contributed by atoms with Crippen LogP contribution in [0, 0.1) is 0 Å². The summed E-state index contributed by atoms with van der Waals surface area (Å²) in [4.78, 5) is 11.2. The van der Waals surface area contributed by atoms with E-state index in [0.29, 0.717) is 0 Å². The number of nitrogens with two attached hydrogens (primary N) is 2. The minimum Gasteiger partial charge on any atom is -0.457 e. The Bertz CT molecular complexity index is 263. The van der Waals surface area contributed by atoms with E-state index in [-0.39, 0.29) is 43.7 Å². The summed E-state index contributed by atoms with van der Waals surface area (Å²) in [7, 11) is 0. The Morgan fingerprint density at radius 1 is 1.40 bits per heavy atom. The molecule has 0 saturated carbocycles. The normalized spacial score (nSPS) is 9.00. The van der Waals surface area contributed by atoms with Crippen molar-refractivity contribution in [3.8, 4) is 0 Å². The summed E-state index contributed by atoms with van der Waals surface area (Å²) in [6, 6.07) is 3.13. The zero-order chi connectivity index (χ0) is 9.68. The Labute approximate surface area is 99.9 Å². The number of rotatable bonds is 4. The van der Waals surface area contributed by atoms with Crippen LogP contribution in [0.5, 0.6) is 0 Å². The Morgan fingerprint density at radius 3 is 2.40 bits per heavy atom. The topological polar surface area (TPSA) is 91.5 Å². The van der Waals surface area contributed by atoms with Crippen LogP contribution in [-0.2, 0) is 4.74 Å². The van der Waals surface area contributed by atoms with Gasteiger partial charge in [-0.15, -0.1) is 24.8 Å². The lowest BCUT2D eigenvalue weighted by Crippen LogP contribution is -2.33. The first-order chi connectivity index (χ1) is 6.27. The van der Waals surface area contributed by atoms with Crippen LogP contribution < -0.4 is 11.5 Å². The van der Waals surface area contributed by atoms with Gasteiger partial charge in [0.25, 0.3) is 0 Å². The number of ether oxygens (including phenoxy) is 1. The van der Waals surface area contributed by atoms with Crippen molar-refractivity contribution in [2.45, 2.75) is 6.10 Å². The van der Waals surface area contributed by atoms with Crippen LogP contribution in [0.1, 0.15) is 10.6 Å². The molecule has 5 nitrogen and oxygen atoms in total. The lowest BCUT2D eigenvalue weighted by molar-refractivity contribution is 0.0302. The third-order valence-corrected chi connectivity index (χ3v) is 1.52. The fourth-order valence-corrected chi connectivity index (χ4v) is 0.797. The van der Waals surface area contributed by atoms with Crippen LogP contribution in [0.15, 0.2) is 22.8 Å². The van der Waals surface area contributed by atoms with Crippen LogP contribution in [0.4, 0.5) is 0 Å². The maximum atomic E-state index is 11.2. The number of esters is 1. The minimum atomic E-state index is -0.536. The Balaban J connectivity index is 0. The molecule has 7 heteroatoms. The first-order valence-electron chi connectivity index (χ1n) is 3.92. The molecule has 1 aromatic rings. The standard InChI is InChI=1S/C8H12N2O3.2ClH/c9-4-6(5-10)13-8(11)7-2-1-3-12-7;;/h1-3,6H,4-5,9-10H2;2*1H. The highest BCUT2D eigenvalue weighted by atomic mass is 35.5. The van der Waals surface area contributed by atoms with E-state index < -0.39 is 12.1 Å². The van der Waals surface area contributed by atoms with E-state index in [1.165, 1.54) is 12.3 Å². The fraction of sp³-hybridized carbons (Fsp3) is 0.375. The lowest BCUT2D eigenvalue weighted by Gasteiger charge is -2.11. The third kappa shape index (κ3) is 5.03. The molecule has 0 bridgehead atoms. The summed E-state index contributed by atoms with van der Waals surface area (Å²) in [6.45, 7) is 0.423. The molecule has 0 aliphatic heterocycles. The second kappa shape index (κ2) is 8.55. The summed E-state index contributed by atoms with van der Waals surface area (Å²) >= 11 is 0. The minimum absolute atomic E-state index is 0. The van der Waals surface area contributed by atoms with Gasteiger partial charge >= 0.3 is 5.97 Å².